The van der Waals surface area contributed by atoms with Crippen LogP contribution in [0.1, 0.15) is 36.0 Å². The molecular formula is C16H20N4O2. The van der Waals surface area contributed by atoms with Gasteiger partial charge in [0.2, 0.25) is 5.95 Å². The lowest BCUT2D eigenvalue weighted by atomic mass is 10.00. The summed E-state index contributed by atoms with van der Waals surface area (Å²) in [7, 11) is 0. The molecule has 0 saturated carbocycles. The molecule has 116 valence electrons. The molecule has 1 amide bonds. The summed E-state index contributed by atoms with van der Waals surface area (Å²) >= 11 is 0. The van der Waals surface area contributed by atoms with Gasteiger partial charge < -0.3 is 14.6 Å². The van der Waals surface area contributed by atoms with Gasteiger partial charge in [0.15, 0.2) is 0 Å². The highest BCUT2D eigenvalue weighted by atomic mass is 16.3. The molecule has 0 aliphatic carbocycles. The fourth-order valence-electron chi connectivity index (χ4n) is 2.68. The number of amides is 1. The van der Waals surface area contributed by atoms with Crippen LogP contribution in [0.2, 0.25) is 0 Å². The van der Waals surface area contributed by atoms with Gasteiger partial charge >= 0.3 is 0 Å². The Morgan fingerprint density at radius 3 is 3.18 bits per heavy atom. The highest BCUT2D eigenvalue weighted by molar-refractivity contribution is 5.92. The minimum atomic E-state index is -0.0185. The molecule has 6 nitrogen and oxygen atoms in total. The second-order valence-corrected chi connectivity index (χ2v) is 5.70. The standard InChI is InChI=1S/C16H20N4O2/c1-12-4-2-8-20(11-12)15(21)14-6-7-17-16(19-14)18-10-13-5-3-9-22-13/h3,5-7,9,12H,2,4,8,10-11H2,1H3,(H,17,18,19). The zero-order valence-electron chi connectivity index (χ0n) is 12.7. The van der Waals surface area contributed by atoms with E-state index in [1.165, 1.54) is 6.42 Å². The van der Waals surface area contributed by atoms with Crippen LogP contribution >= 0.6 is 0 Å². The van der Waals surface area contributed by atoms with Gasteiger partial charge in [-0.1, -0.05) is 6.92 Å². The fraction of sp³-hybridized carbons (Fsp3) is 0.438. The second-order valence-electron chi connectivity index (χ2n) is 5.70. The van der Waals surface area contributed by atoms with E-state index in [9.17, 15) is 4.79 Å². The van der Waals surface area contributed by atoms with Gasteiger partial charge in [-0.05, 0) is 37.0 Å². The Hall–Kier alpha value is -2.37. The Labute approximate surface area is 129 Å². The van der Waals surface area contributed by atoms with E-state index in [-0.39, 0.29) is 5.91 Å². The van der Waals surface area contributed by atoms with E-state index < -0.39 is 0 Å². The minimum absolute atomic E-state index is 0.0185. The van der Waals surface area contributed by atoms with E-state index in [2.05, 4.69) is 22.2 Å². The van der Waals surface area contributed by atoms with E-state index in [1.54, 1.807) is 18.5 Å². The summed E-state index contributed by atoms with van der Waals surface area (Å²) in [5, 5.41) is 3.07. The predicted octanol–water partition coefficient (Wildman–Crippen LogP) is 2.55. The van der Waals surface area contributed by atoms with Crippen LogP contribution < -0.4 is 5.32 Å². The van der Waals surface area contributed by atoms with Crippen molar-refractivity contribution in [1.82, 2.24) is 14.9 Å². The minimum Gasteiger partial charge on any atom is -0.467 e. The molecule has 1 aliphatic heterocycles. The molecule has 1 N–H and O–H groups in total. The maximum Gasteiger partial charge on any atom is 0.272 e. The van der Waals surface area contributed by atoms with E-state index in [1.807, 2.05) is 17.0 Å². The molecule has 1 fully saturated rings. The average molecular weight is 300 g/mol. The molecule has 0 spiro atoms. The zero-order valence-corrected chi connectivity index (χ0v) is 12.7. The summed E-state index contributed by atoms with van der Waals surface area (Å²) in [6, 6.07) is 5.37. The third-order valence-electron chi connectivity index (χ3n) is 3.82. The van der Waals surface area contributed by atoms with Gasteiger partial charge in [-0.25, -0.2) is 9.97 Å². The van der Waals surface area contributed by atoms with E-state index >= 15 is 0 Å². The smallest absolute Gasteiger partial charge is 0.272 e. The number of carbonyl (C=O) groups is 1. The number of likely N-dealkylation sites (tertiary alicyclic amines) is 1. The van der Waals surface area contributed by atoms with Crippen LogP contribution in [-0.4, -0.2) is 33.9 Å². The van der Waals surface area contributed by atoms with Crippen LogP contribution in [0.4, 0.5) is 5.95 Å². The average Bonchev–Trinajstić information content (AvgIpc) is 3.06. The van der Waals surface area contributed by atoms with Crippen molar-refractivity contribution >= 4 is 11.9 Å². The number of hydrogen-bond acceptors (Lipinski definition) is 5. The molecule has 3 heterocycles. The van der Waals surface area contributed by atoms with E-state index in [0.717, 1.165) is 25.3 Å². The van der Waals surface area contributed by atoms with Crippen molar-refractivity contribution in [3.05, 3.63) is 42.1 Å². The Morgan fingerprint density at radius 1 is 1.50 bits per heavy atom. The van der Waals surface area contributed by atoms with Crippen molar-refractivity contribution in [2.75, 3.05) is 18.4 Å². The van der Waals surface area contributed by atoms with Crippen LogP contribution in [0, 0.1) is 5.92 Å². The number of carbonyl (C=O) groups excluding carboxylic acids is 1. The predicted molar refractivity (Wildman–Crippen MR) is 82.4 cm³/mol. The zero-order chi connectivity index (χ0) is 15.4. The van der Waals surface area contributed by atoms with Crippen LogP contribution in [0.5, 0.6) is 0 Å². The lowest BCUT2D eigenvalue weighted by Gasteiger charge is -2.30. The first-order chi connectivity index (χ1) is 10.7. The molecule has 2 aromatic rings. The molecule has 1 atom stereocenters. The molecule has 1 saturated heterocycles. The van der Waals surface area contributed by atoms with Crippen molar-refractivity contribution < 1.29 is 9.21 Å². The fourth-order valence-corrected chi connectivity index (χ4v) is 2.68. The van der Waals surface area contributed by atoms with Gasteiger partial charge in [0.05, 0.1) is 12.8 Å². The first kappa shape index (κ1) is 14.6. The van der Waals surface area contributed by atoms with Gasteiger partial charge in [-0.15, -0.1) is 0 Å². The molecule has 6 heteroatoms. The van der Waals surface area contributed by atoms with Crippen molar-refractivity contribution in [3.8, 4) is 0 Å². The van der Waals surface area contributed by atoms with Gasteiger partial charge in [-0.2, -0.15) is 0 Å². The van der Waals surface area contributed by atoms with Crippen LogP contribution in [-0.2, 0) is 6.54 Å². The Kier molecular flexibility index (Phi) is 4.37. The molecule has 2 aromatic heterocycles. The quantitative estimate of drug-likeness (QED) is 0.939. The molecule has 0 bridgehead atoms. The van der Waals surface area contributed by atoms with Crippen molar-refractivity contribution in [3.63, 3.8) is 0 Å². The van der Waals surface area contributed by atoms with Gasteiger partial charge in [0.25, 0.3) is 5.91 Å². The summed E-state index contributed by atoms with van der Waals surface area (Å²) in [5.41, 5.74) is 0.436. The maximum absolute atomic E-state index is 12.5. The van der Waals surface area contributed by atoms with Crippen LogP contribution in [0.15, 0.2) is 35.1 Å². The number of nitrogens with one attached hydrogen (secondary N) is 1. The molecule has 1 unspecified atom stereocenters. The molecule has 0 radical (unpaired) electrons. The Bertz CT molecular complexity index is 627. The number of furan rings is 1. The third kappa shape index (κ3) is 3.44. The summed E-state index contributed by atoms with van der Waals surface area (Å²) in [6.45, 7) is 4.28. The van der Waals surface area contributed by atoms with Crippen LogP contribution in [0.3, 0.4) is 0 Å². The first-order valence-electron chi connectivity index (χ1n) is 7.61. The van der Waals surface area contributed by atoms with E-state index in [0.29, 0.717) is 24.1 Å². The summed E-state index contributed by atoms with van der Waals surface area (Å²) < 4.78 is 5.25. The summed E-state index contributed by atoms with van der Waals surface area (Å²) in [5.74, 6) is 1.77. The van der Waals surface area contributed by atoms with Crippen molar-refractivity contribution in [2.45, 2.75) is 26.3 Å². The highest BCUT2D eigenvalue weighted by Crippen LogP contribution is 2.17. The van der Waals surface area contributed by atoms with Crippen LogP contribution in [0.25, 0.3) is 0 Å². The van der Waals surface area contributed by atoms with Gasteiger partial charge in [0, 0.05) is 19.3 Å². The second kappa shape index (κ2) is 6.60. The lowest BCUT2D eigenvalue weighted by Crippen LogP contribution is -2.39. The molecule has 0 aromatic carbocycles. The number of rotatable bonds is 4. The topological polar surface area (TPSA) is 71.3 Å². The largest absolute Gasteiger partial charge is 0.467 e. The molecule has 22 heavy (non-hydrogen) atoms. The first-order valence-corrected chi connectivity index (χ1v) is 7.61. The van der Waals surface area contributed by atoms with Crippen molar-refractivity contribution in [1.29, 1.82) is 0 Å². The normalized spacial score (nSPS) is 18.2. The number of piperidine rings is 1. The number of hydrogen-bond donors (Lipinski definition) is 1. The van der Waals surface area contributed by atoms with Crippen molar-refractivity contribution in [2.24, 2.45) is 5.92 Å². The van der Waals surface area contributed by atoms with Gasteiger partial charge in [-0.3, -0.25) is 4.79 Å². The third-order valence-corrected chi connectivity index (χ3v) is 3.82. The number of anilines is 1. The Balaban J connectivity index is 1.66. The number of aromatic nitrogens is 2. The molecule has 3 rings (SSSR count). The highest BCUT2D eigenvalue weighted by Gasteiger charge is 2.23. The lowest BCUT2D eigenvalue weighted by molar-refractivity contribution is 0.0677. The van der Waals surface area contributed by atoms with E-state index in [4.69, 9.17) is 4.42 Å². The monoisotopic (exact) mass is 300 g/mol. The Morgan fingerprint density at radius 2 is 2.41 bits per heavy atom. The molecule has 1 aliphatic rings. The SMILES string of the molecule is CC1CCCN(C(=O)c2ccnc(NCc3ccco3)n2)C1. The van der Waals surface area contributed by atoms with Gasteiger partial charge in [0.1, 0.15) is 11.5 Å². The molecular weight excluding hydrogens is 280 g/mol. The maximum atomic E-state index is 12.5. The summed E-state index contributed by atoms with van der Waals surface area (Å²) in [4.78, 5) is 22.9. The number of nitrogens with zero attached hydrogens (tertiary/aromatic N) is 3. The summed E-state index contributed by atoms with van der Waals surface area (Å²) in [6.07, 6.45) is 5.47.